The van der Waals surface area contributed by atoms with Crippen molar-refractivity contribution in [3.8, 4) is 0 Å². The van der Waals surface area contributed by atoms with E-state index < -0.39 is 0 Å². The van der Waals surface area contributed by atoms with Gasteiger partial charge in [0.1, 0.15) is 18.0 Å². The molecule has 0 radical (unpaired) electrons. The van der Waals surface area contributed by atoms with Crippen LogP contribution in [0.1, 0.15) is 23.6 Å². The second kappa shape index (κ2) is 10.4. The molecule has 1 atom stereocenters. The first-order chi connectivity index (χ1) is 19.4. The zero-order valence-corrected chi connectivity index (χ0v) is 23.0. The molecule has 1 fully saturated rings. The Morgan fingerprint density at radius 1 is 1.07 bits per heavy atom. The van der Waals surface area contributed by atoms with E-state index in [1.54, 1.807) is 12.5 Å². The van der Waals surface area contributed by atoms with Crippen molar-refractivity contribution in [1.29, 1.82) is 0 Å². The van der Waals surface area contributed by atoms with E-state index in [-0.39, 0.29) is 11.9 Å². The van der Waals surface area contributed by atoms with Gasteiger partial charge in [-0.15, -0.1) is 0 Å². The average Bonchev–Trinajstić information content (AvgIpc) is 3.33. The second-order valence-corrected chi connectivity index (χ2v) is 10.4. The number of nitrogens with one attached hydrogen (secondary N) is 1. The molecule has 202 valence electrons. The SMILES string of the molecule is C=CC(=O)N1CCN(c2cc3c(Nc4ccc(Cc5ccc6c(c5)ncn6C)c(C)c4)ncnc3cn2)C(C)C1. The predicted octanol–water partition coefficient (Wildman–Crippen LogP) is 4.78. The number of anilines is 3. The van der Waals surface area contributed by atoms with Crippen molar-refractivity contribution < 1.29 is 4.79 Å². The summed E-state index contributed by atoms with van der Waals surface area (Å²) in [6.07, 6.45) is 7.42. The van der Waals surface area contributed by atoms with Crippen molar-refractivity contribution >= 4 is 45.2 Å². The zero-order valence-electron chi connectivity index (χ0n) is 23.0. The van der Waals surface area contributed by atoms with E-state index in [1.807, 2.05) is 28.9 Å². The van der Waals surface area contributed by atoms with Crippen LogP contribution in [-0.2, 0) is 18.3 Å². The third-order valence-corrected chi connectivity index (χ3v) is 7.71. The summed E-state index contributed by atoms with van der Waals surface area (Å²) in [6, 6.07) is 15.0. The van der Waals surface area contributed by atoms with Gasteiger partial charge in [-0.25, -0.2) is 19.9 Å². The minimum Gasteiger partial charge on any atom is -0.350 e. The minimum atomic E-state index is -0.0339. The van der Waals surface area contributed by atoms with Gasteiger partial charge < -0.3 is 19.7 Å². The van der Waals surface area contributed by atoms with Gasteiger partial charge in [-0.3, -0.25) is 4.79 Å². The fraction of sp³-hybridized carbons (Fsp3) is 0.258. The molecule has 1 amide bonds. The summed E-state index contributed by atoms with van der Waals surface area (Å²) in [5, 5.41) is 4.40. The topological polar surface area (TPSA) is 92.1 Å². The number of hydrogen-bond donors (Lipinski definition) is 1. The molecule has 4 heterocycles. The van der Waals surface area contributed by atoms with Gasteiger partial charge in [-0.2, -0.15) is 0 Å². The van der Waals surface area contributed by atoms with Crippen molar-refractivity contribution in [1.82, 2.24) is 29.4 Å². The molecule has 3 aromatic heterocycles. The molecule has 40 heavy (non-hydrogen) atoms. The Hall–Kier alpha value is -4.79. The number of nitrogens with zero attached hydrogens (tertiary/aromatic N) is 7. The number of aryl methyl sites for hydroxylation is 2. The first-order valence-corrected chi connectivity index (χ1v) is 13.4. The van der Waals surface area contributed by atoms with E-state index in [2.05, 4.69) is 87.0 Å². The molecule has 1 unspecified atom stereocenters. The minimum absolute atomic E-state index is 0.0339. The maximum absolute atomic E-state index is 12.1. The molecule has 6 rings (SSSR count). The van der Waals surface area contributed by atoms with E-state index in [0.29, 0.717) is 19.6 Å². The average molecular weight is 533 g/mol. The number of pyridine rings is 1. The molecule has 1 saturated heterocycles. The molecule has 9 heteroatoms. The first kappa shape index (κ1) is 25.5. The van der Waals surface area contributed by atoms with Crippen LogP contribution in [0.4, 0.5) is 17.3 Å². The van der Waals surface area contributed by atoms with Crippen molar-refractivity contribution in [2.24, 2.45) is 7.05 Å². The molecule has 0 bridgehead atoms. The van der Waals surface area contributed by atoms with Gasteiger partial charge in [0.05, 0.1) is 29.1 Å². The highest BCUT2D eigenvalue weighted by Crippen LogP contribution is 2.29. The lowest BCUT2D eigenvalue weighted by atomic mass is 9.99. The van der Waals surface area contributed by atoms with Crippen LogP contribution in [-0.4, -0.2) is 61.0 Å². The molecule has 1 aliphatic heterocycles. The molecule has 1 aliphatic rings. The monoisotopic (exact) mass is 532 g/mol. The lowest BCUT2D eigenvalue weighted by molar-refractivity contribution is -0.126. The number of rotatable bonds is 6. The highest BCUT2D eigenvalue weighted by atomic mass is 16.2. The fourth-order valence-electron chi connectivity index (χ4n) is 5.45. The van der Waals surface area contributed by atoms with Crippen LogP contribution in [0.3, 0.4) is 0 Å². The Bertz CT molecular complexity index is 1740. The van der Waals surface area contributed by atoms with E-state index in [4.69, 9.17) is 0 Å². The van der Waals surface area contributed by atoms with Gasteiger partial charge in [0.25, 0.3) is 0 Å². The van der Waals surface area contributed by atoms with E-state index in [0.717, 1.165) is 45.7 Å². The molecule has 2 aromatic carbocycles. The maximum atomic E-state index is 12.1. The summed E-state index contributed by atoms with van der Waals surface area (Å²) in [5.74, 6) is 1.54. The number of carbonyl (C=O) groups excluding carboxylic acids is 1. The van der Waals surface area contributed by atoms with Gasteiger partial charge in [0, 0.05) is 43.8 Å². The lowest BCUT2D eigenvalue weighted by Gasteiger charge is -2.40. The number of piperazine rings is 1. The maximum Gasteiger partial charge on any atom is 0.246 e. The van der Waals surface area contributed by atoms with Crippen molar-refractivity contribution in [2.45, 2.75) is 26.3 Å². The Kier molecular flexibility index (Phi) is 6.63. The zero-order chi connectivity index (χ0) is 27.8. The van der Waals surface area contributed by atoms with Crippen LogP contribution in [0.25, 0.3) is 21.9 Å². The van der Waals surface area contributed by atoms with Crippen molar-refractivity contribution in [3.63, 3.8) is 0 Å². The van der Waals surface area contributed by atoms with E-state index in [1.165, 1.54) is 22.8 Å². The van der Waals surface area contributed by atoms with Gasteiger partial charge in [0.15, 0.2) is 0 Å². The Labute approximate surface area is 233 Å². The molecule has 1 N–H and O–H groups in total. The molecular formula is C31H32N8O. The van der Waals surface area contributed by atoms with Crippen molar-refractivity contribution in [3.05, 3.63) is 90.7 Å². The number of carbonyl (C=O) groups is 1. The number of fused-ring (bicyclic) bond motifs is 2. The summed E-state index contributed by atoms with van der Waals surface area (Å²) >= 11 is 0. The highest BCUT2D eigenvalue weighted by Gasteiger charge is 2.27. The van der Waals surface area contributed by atoms with Gasteiger partial charge in [-0.05, 0) is 73.4 Å². The summed E-state index contributed by atoms with van der Waals surface area (Å²) in [7, 11) is 2.01. The van der Waals surface area contributed by atoms with Gasteiger partial charge in [0.2, 0.25) is 5.91 Å². The Balaban J connectivity index is 1.22. The summed E-state index contributed by atoms with van der Waals surface area (Å²) in [6.45, 7) is 9.81. The third-order valence-electron chi connectivity index (χ3n) is 7.71. The normalized spacial score (nSPS) is 15.5. The quantitative estimate of drug-likeness (QED) is 0.315. The molecule has 0 spiro atoms. The number of amides is 1. The summed E-state index contributed by atoms with van der Waals surface area (Å²) in [4.78, 5) is 34.3. The molecule has 9 nitrogen and oxygen atoms in total. The van der Waals surface area contributed by atoms with Crippen LogP contribution in [0.2, 0.25) is 0 Å². The highest BCUT2D eigenvalue weighted by molar-refractivity contribution is 5.92. The predicted molar refractivity (Wildman–Crippen MR) is 159 cm³/mol. The molecule has 0 aliphatic carbocycles. The van der Waals surface area contributed by atoms with Crippen LogP contribution in [0, 0.1) is 6.92 Å². The Morgan fingerprint density at radius 3 is 2.75 bits per heavy atom. The number of imidazole rings is 1. The van der Waals surface area contributed by atoms with E-state index in [9.17, 15) is 4.79 Å². The summed E-state index contributed by atoms with van der Waals surface area (Å²) < 4.78 is 2.04. The third kappa shape index (κ3) is 4.86. The van der Waals surface area contributed by atoms with Crippen LogP contribution >= 0.6 is 0 Å². The van der Waals surface area contributed by atoms with Gasteiger partial charge >= 0.3 is 0 Å². The Morgan fingerprint density at radius 2 is 1.95 bits per heavy atom. The van der Waals surface area contributed by atoms with Crippen LogP contribution < -0.4 is 10.2 Å². The number of aromatic nitrogens is 5. The largest absolute Gasteiger partial charge is 0.350 e. The molecule has 0 saturated carbocycles. The molecule has 5 aromatic rings. The van der Waals surface area contributed by atoms with Crippen molar-refractivity contribution in [2.75, 3.05) is 29.9 Å². The second-order valence-electron chi connectivity index (χ2n) is 10.4. The standard InChI is InChI=1S/C31H32N8O/c1-5-30(40)38-10-11-39(21(3)17-38)29-15-25-27(16-32-29)33-18-34-31(25)36-24-8-7-23(20(2)12-24)13-22-6-9-28-26(14-22)35-19-37(28)4/h5-9,12,14-16,18-19,21H,1,10-11,13,17H2,2-4H3,(H,33,34,36). The van der Waals surface area contributed by atoms with E-state index >= 15 is 0 Å². The lowest BCUT2D eigenvalue weighted by Crippen LogP contribution is -2.53. The fourth-order valence-corrected chi connectivity index (χ4v) is 5.45. The smallest absolute Gasteiger partial charge is 0.246 e. The summed E-state index contributed by atoms with van der Waals surface area (Å²) in [5.41, 5.74) is 7.59. The number of benzene rings is 2. The molecular weight excluding hydrogens is 500 g/mol. The first-order valence-electron chi connectivity index (χ1n) is 13.4. The van der Waals surface area contributed by atoms with Crippen LogP contribution in [0.15, 0.2) is 74.0 Å². The number of hydrogen-bond acceptors (Lipinski definition) is 7. The van der Waals surface area contributed by atoms with Gasteiger partial charge in [-0.1, -0.05) is 18.7 Å². The van der Waals surface area contributed by atoms with Crippen LogP contribution in [0.5, 0.6) is 0 Å².